The Morgan fingerprint density at radius 2 is 1.70 bits per heavy atom. The first-order valence-corrected chi connectivity index (χ1v) is 8.87. The van der Waals surface area contributed by atoms with E-state index in [0.717, 1.165) is 22.0 Å². The minimum atomic E-state index is -0.314. The standard InChI is InChI=1S/C21H23N3O3/c1-27-19-9-5-2-6-16(19)14-24-21(26)12-20(25)22-11-10-15-13-23-18-8-4-3-7-17(15)18/h2-9,13,23H,10-12,14H2,1H3,(H,22,25)(H,24,26). The Morgan fingerprint density at radius 1 is 0.963 bits per heavy atom. The van der Waals surface area contributed by atoms with E-state index in [1.807, 2.05) is 54.7 Å². The van der Waals surface area contributed by atoms with Crippen LogP contribution in [0.2, 0.25) is 0 Å². The van der Waals surface area contributed by atoms with Crippen molar-refractivity contribution in [3.8, 4) is 5.75 Å². The number of fused-ring (bicyclic) bond motifs is 1. The van der Waals surface area contributed by atoms with Gasteiger partial charge in [0.05, 0.1) is 7.11 Å². The van der Waals surface area contributed by atoms with Crippen molar-refractivity contribution < 1.29 is 14.3 Å². The Kier molecular flexibility index (Phi) is 6.10. The molecule has 3 N–H and O–H groups in total. The van der Waals surface area contributed by atoms with E-state index in [0.29, 0.717) is 25.3 Å². The van der Waals surface area contributed by atoms with Crippen LogP contribution in [0.5, 0.6) is 5.75 Å². The zero-order valence-corrected chi connectivity index (χ0v) is 15.2. The third-order valence-corrected chi connectivity index (χ3v) is 4.38. The van der Waals surface area contributed by atoms with Gasteiger partial charge in [-0.2, -0.15) is 0 Å². The van der Waals surface area contributed by atoms with Gasteiger partial charge in [0, 0.05) is 35.8 Å². The summed E-state index contributed by atoms with van der Waals surface area (Å²) in [5.74, 6) is 0.110. The number of hydrogen-bond acceptors (Lipinski definition) is 3. The minimum Gasteiger partial charge on any atom is -0.496 e. The predicted molar refractivity (Wildman–Crippen MR) is 104 cm³/mol. The predicted octanol–water partition coefficient (Wildman–Crippen LogP) is 2.54. The number of hydrogen-bond donors (Lipinski definition) is 3. The van der Waals surface area contributed by atoms with E-state index in [-0.39, 0.29) is 18.2 Å². The van der Waals surface area contributed by atoms with Crippen molar-refractivity contribution in [3.05, 3.63) is 65.9 Å². The Labute approximate surface area is 157 Å². The van der Waals surface area contributed by atoms with E-state index < -0.39 is 0 Å². The number of nitrogens with one attached hydrogen (secondary N) is 3. The smallest absolute Gasteiger partial charge is 0.229 e. The monoisotopic (exact) mass is 365 g/mol. The summed E-state index contributed by atoms with van der Waals surface area (Å²) >= 11 is 0. The molecule has 0 atom stereocenters. The molecule has 1 heterocycles. The van der Waals surface area contributed by atoms with Gasteiger partial charge in [-0.05, 0) is 24.1 Å². The quantitative estimate of drug-likeness (QED) is 0.537. The third-order valence-electron chi connectivity index (χ3n) is 4.38. The molecule has 0 saturated carbocycles. The van der Waals surface area contributed by atoms with Crippen molar-refractivity contribution in [3.63, 3.8) is 0 Å². The molecule has 0 aliphatic carbocycles. The van der Waals surface area contributed by atoms with E-state index in [1.54, 1.807) is 7.11 Å². The SMILES string of the molecule is COc1ccccc1CNC(=O)CC(=O)NCCc1c[nH]c2ccccc12. The highest BCUT2D eigenvalue weighted by Gasteiger charge is 2.10. The number of carbonyl (C=O) groups is 2. The number of benzene rings is 2. The van der Waals surface area contributed by atoms with Crippen LogP contribution in [0.3, 0.4) is 0 Å². The van der Waals surface area contributed by atoms with E-state index in [1.165, 1.54) is 0 Å². The maximum absolute atomic E-state index is 12.0. The second-order valence-electron chi connectivity index (χ2n) is 6.22. The number of rotatable bonds is 8. The molecule has 0 fully saturated rings. The van der Waals surface area contributed by atoms with Crippen LogP contribution in [-0.4, -0.2) is 30.5 Å². The van der Waals surface area contributed by atoms with E-state index in [4.69, 9.17) is 4.74 Å². The normalized spacial score (nSPS) is 10.6. The number of aromatic amines is 1. The maximum atomic E-state index is 12.0. The van der Waals surface area contributed by atoms with Crippen LogP contribution < -0.4 is 15.4 Å². The molecule has 3 rings (SSSR count). The van der Waals surface area contributed by atoms with Gasteiger partial charge in [-0.1, -0.05) is 36.4 Å². The summed E-state index contributed by atoms with van der Waals surface area (Å²) in [6, 6.07) is 15.5. The Morgan fingerprint density at radius 3 is 2.56 bits per heavy atom. The van der Waals surface area contributed by atoms with E-state index in [2.05, 4.69) is 15.6 Å². The fourth-order valence-corrected chi connectivity index (χ4v) is 2.99. The van der Waals surface area contributed by atoms with Crippen LogP contribution in [0.1, 0.15) is 17.5 Å². The van der Waals surface area contributed by atoms with E-state index >= 15 is 0 Å². The molecule has 3 aromatic rings. The van der Waals surface area contributed by atoms with Gasteiger partial charge in [0.15, 0.2) is 0 Å². The molecule has 0 saturated heterocycles. The van der Waals surface area contributed by atoms with Crippen molar-refractivity contribution in [2.75, 3.05) is 13.7 Å². The zero-order valence-electron chi connectivity index (χ0n) is 15.2. The summed E-state index contributed by atoms with van der Waals surface area (Å²) in [6.45, 7) is 0.811. The van der Waals surface area contributed by atoms with Gasteiger partial charge in [0.1, 0.15) is 12.2 Å². The molecule has 0 unspecified atom stereocenters. The lowest BCUT2D eigenvalue weighted by atomic mass is 10.1. The Hall–Kier alpha value is -3.28. The van der Waals surface area contributed by atoms with Crippen LogP contribution in [-0.2, 0) is 22.6 Å². The van der Waals surface area contributed by atoms with Gasteiger partial charge in [-0.25, -0.2) is 0 Å². The van der Waals surface area contributed by atoms with Crippen LogP contribution in [0.4, 0.5) is 0 Å². The average Bonchev–Trinajstić information content (AvgIpc) is 3.10. The fourth-order valence-electron chi connectivity index (χ4n) is 2.99. The first-order chi connectivity index (χ1) is 13.2. The first kappa shape index (κ1) is 18.5. The van der Waals surface area contributed by atoms with Gasteiger partial charge in [-0.15, -0.1) is 0 Å². The zero-order chi connectivity index (χ0) is 19.1. The van der Waals surface area contributed by atoms with Gasteiger partial charge >= 0.3 is 0 Å². The van der Waals surface area contributed by atoms with Crippen LogP contribution in [0, 0.1) is 0 Å². The number of ether oxygens (including phenoxy) is 1. The summed E-state index contributed by atoms with van der Waals surface area (Å²) in [4.78, 5) is 27.2. The molecule has 0 spiro atoms. The molecular weight excluding hydrogens is 342 g/mol. The van der Waals surface area contributed by atoms with Gasteiger partial charge < -0.3 is 20.4 Å². The lowest BCUT2D eigenvalue weighted by Gasteiger charge is -2.09. The van der Waals surface area contributed by atoms with Gasteiger partial charge in [0.2, 0.25) is 11.8 Å². The highest BCUT2D eigenvalue weighted by molar-refractivity contribution is 5.96. The van der Waals surface area contributed by atoms with Crippen LogP contribution >= 0.6 is 0 Å². The second kappa shape index (κ2) is 8.89. The molecule has 140 valence electrons. The van der Waals surface area contributed by atoms with Crippen LogP contribution in [0.25, 0.3) is 10.9 Å². The maximum Gasteiger partial charge on any atom is 0.229 e. The van der Waals surface area contributed by atoms with Crippen molar-refractivity contribution in [2.24, 2.45) is 0 Å². The minimum absolute atomic E-state index is 0.191. The number of amides is 2. The highest BCUT2D eigenvalue weighted by Crippen LogP contribution is 2.18. The summed E-state index contributed by atoms with van der Waals surface area (Å²) < 4.78 is 5.24. The molecule has 0 bridgehead atoms. The topological polar surface area (TPSA) is 83.2 Å². The van der Waals surface area contributed by atoms with Crippen molar-refractivity contribution >= 4 is 22.7 Å². The summed E-state index contributed by atoms with van der Waals surface area (Å²) in [7, 11) is 1.59. The van der Waals surface area contributed by atoms with Crippen molar-refractivity contribution in [1.82, 2.24) is 15.6 Å². The molecule has 6 heteroatoms. The first-order valence-electron chi connectivity index (χ1n) is 8.87. The van der Waals surface area contributed by atoms with Crippen molar-refractivity contribution in [1.29, 1.82) is 0 Å². The molecule has 0 aliphatic rings. The Balaban J connectivity index is 1.41. The molecule has 2 amide bonds. The molecule has 0 aliphatic heterocycles. The number of aromatic nitrogens is 1. The number of para-hydroxylation sites is 2. The lowest BCUT2D eigenvalue weighted by Crippen LogP contribution is -2.32. The molecule has 2 aromatic carbocycles. The summed E-state index contributed by atoms with van der Waals surface area (Å²) in [5.41, 5.74) is 3.09. The number of carbonyl (C=O) groups excluding carboxylic acids is 2. The summed E-state index contributed by atoms with van der Waals surface area (Å²) in [6.07, 6.45) is 2.47. The highest BCUT2D eigenvalue weighted by atomic mass is 16.5. The lowest BCUT2D eigenvalue weighted by molar-refractivity contribution is -0.129. The largest absolute Gasteiger partial charge is 0.496 e. The Bertz CT molecular complexity index is 933. The average molecular weight is 365 g/mol. The van der Waals surface area contributed by atoms with E-state index in [9.17, 15) is 9.59 Å². The fraction of sp³-hybridized carbons (Fsp3) is 0.238. The number of methoxy groups -OCH3 is 1. The molecule has 1 aromatic heterocycles. The van der Waals surface area contributed by atoms with Crippen molar-refractivity contribution in [2.45, 2.75) is 19.4 Å². The van der Waals surface area contributed by atoms with Crippen LogP contribution in [0.15, 0.2) is 54.7 Å². The molecular formula is C21H23N3O3. The second-order valence-corrected chi connectivity index (χ2v) is 6.22. The molecule has 27 heavy (non-hydrogen) atoms. The molecule has 0 radical (unpaired) electrons. The van der Waals surface area contributed by atoms with Gasteiger partial charge in [0.25, 0.3) is 0 Å². The van der Waals surface area contributed by atoms with Gasteiger partial charge in [-0.3, -0.25) is 9.59 Å². The number of H-pyrrole nitrogens is 1. The molecule has 6 nitrogen and oxygen atoms in total. The third kappa shape index (κ3) is 4.88. The summed E-state index contributed by atoms with van der Waals surface area (Å²) in [5, 5.41) is 6.70.